The number of carbonyl (C=O) groups is 2. The molecule has 0 aliphatic carbocycles. The van der Waals surface area contributed by atoms with Crippen LogP contribution >= 0.6 is 0 Å². The average molecular weight is 232 g/mol. The van der Waals surface area contributed by atoms with Gasteiger partial charge in [0.05, 0.1) is 0 Å². The van der Waals surface area contributed by atoms with Crippen LogP contribution in [0.2, 0.25) is 0 Å². The van der Waals surface area contributed by atoms with E-state index in [-0.39, 0.29) is 11.8 Å². The fraction of sp³-hybridized carbons (Fsp3) is 0.385. The molecule has 1 aliphatic heterocycles. The van der Waals surface area contributed by atoms with E-state index in [0.717, 1.165) is 11.3 Å². The molecule has 2 rings (SSSR count). The number of nitrogens with one attached hydrogen (secondary N) is 1. The molecule has 4 heteroatoms. The lowest BCUT2D eigenvalue weighted by Crippen LogP contribution is -2.47. The highest BCUT2D eigenvalue weighted by molar-refractivity contribution is 6.02. The maximum absolute atomic E-state index is 11.9. The van der Waals surface area contributed by atoms with Gasteiger partial charge < -0.3 is 5.32 Å². The normalized spacial score (nSPS) is 17.8. The van der Waals surface area contributed by atoms with Crippen LogP contribution in [-0.4, -0.2) is 24.4 Å². The maximum Gasteiger partial charge on any atom is 0.243 e. The Hall–Kier alpha value is -1.84. The first-order valence-electron chi connectivity index (χ1n) is 5.80. The Labute approximate surface area is 101 Å². The van der Waals surface area contributed by atoms with Gasteiger partial charge in [-0.25, -0.2) is 0 Å². The van der Waals surface area contributed by atoms with Gasteiger partial charge in [-0.05, 0) is 18.6 Å². The number of rotatable bonds is 2. The highest BCUT2D eigenvalue weighted by Gasteiger charge is 2.36. The Balaban J connectivity index is 2.33. The van der Waals surface area contributed by atoms with Crippen LogP contribution in [0.3, 0.4) is 0 Å². The van der Waals surface area contributed by atoms with Crippen LogP contribution in [0.5, 0.6) is 0 Å². The molecule has 90 valence electrons. The fourth-order valence-corrected chi connectivity index (χ4v) is 2.28. The molecule has 1 atom stereocenters. The highest BCUT2D eigenvalue weighted by atomic mass is 16.2. The number of amides is 2. The number of hydrogen-bond acceptors (Lipinski definition) is 2. The third-order valence-electron chi connectivity index (χ3n) is 2.97. The van der Waals surface area contributed by atoms with Gasteiger partial charge in [0.2, 0.25) is 11.8 Å². The molecular weight excluding hydrogens is 216 g/mol. The number of fused-ring (bicyclic) bond motifs is 1. The van der Waals surface area contributed by atoms with Gasteiger partial charge in [0.1, 0.15) is 6.04 Å². The van der Waals surface area contributed by atoms with Crippen LogP contribution in [-0.2, 0) is 16.0 Å². The average Bonchev–Trinajstić information content (AvgIpc) is 2.68. The molecule has 1 heterocycles. The van der Waals surface area contributed by atoms with Crippen molar-refractivity contribution in [1.82, 2.24) is 5.32 Å². The molecule has 1 N–H and O–H groups in total. The minimum Gasteiger partial charge on any atom is -0.355 e. The van der Waals surface area contributed by atoms with Crippen LogP contribution < -0.4 is 10.2 Å². The number of anilines is 1. The van der Waals surface area contributed by atoms with Crippen molar-refractivity contribution in [2.45, 2.75) is 26.3 Å². The Morgan fingerprint density at radius 2 is 2.12 bits per heavy atom. The van der Waals surface area contributed by atoms with Gasteiger partial charge in [-0.2, -0.15) is 0 Å². The third kappa shape index (κ3) is 2.02. The van der Waals surface area contributed by atoms with E-state index in [0.29, 0.717) is 13.0 Å². The van der Waals surface area contributed by atoms with Crippen molar-refractivity contribution in [1.29, 1.82) is 0 Å². The first kappa shape index (κ1) is 11.6. The van der Waals surface area contributed by atoms with Crippen LogP contribution in [0.4, 0.5) is 5.69 Å². The van der Waals surface area contributed by atoms with Crippen molar-refractivity contribution in [3.63, 3.8) is 0 Å². The second kappa shape index (κ2) is 4.57. The lowest BCUT2D eigenvalue weighted by atomic mass is 10.1. The van der Waals surface area contributed by atoms with Crippen LogP contribution in [0.15, 0.2) is 24.3 Å². The Morgan fingerprint density at radius 3 is 2.76 bits per heavy atom. The number of benzene rings is 1. The predicted octanol–water partition coefficient (Wildman–Crippen LogP) is 1.10. The molecule has 0 radical (unpaired) electrons. The van der Waals surface area contributed by atoms with Crippen LogP contribution in [0.1, 0.15) is 19.4 Å². The molecule has 1 aliphatic rings. The van der Waals surface area contributed by atoms with E-state index in [1.807, 2.05) is 31.2 Å². The molecule has 4 nitrogen and oxygen atoms in total. The molecule has 0 saturated heterocycles. The lowest BCUT2D eigenvalue weighted by molar-refractivity contribution is -0.125. The van der Waals surface area contributed by atoms with Gasteiger partial charge in [0.15, 0.2) is 0 Å². The summed E-state index contributed by atoms with van der Waals surface area (Å²) in [6.07, 6.45) is 0.599. The minimum atomic E-state index is -0.398. The summed E-state index contributed by atoms with van der Waals surface area (Å²) in [5.74, 6) is -0.176. The van der Waals surface area contributed by atoms with E-state index in [9.17, 15) is 9.59 Å². The number of para-hydroxylation sites is 1. The zero-order valence-corrected chi connectivity index (χ0v) is 10.1. The van der Waals surface area contributed by atoms with E-state index in [1.165, 1.54) is 6.92 Å². The first-order chi connectivity index (χ1) is 8.15. The first-order valence-corrected chi connectivity index (χ1v) is 5.80. The Bertz CT molecular complexity index is 456. The third-order valence-corrected chi connectivity index (χ3v) is 2.97. The van der Waals surface area contributed by atoms with E-state index < -0.39 is 6.04 Å². The van der Waals surface area contributed by atoms with Crippen LogP contribution in [0.25, 0.3) is 0 Å². The summed E-state index contributed by atoms with van der Waals surface area (Å²) in [4.78, 5) is 25.2. The Kier molecular flexibility index (Phi) is 3.13. The summed E-state index contributed by atoms with van der Waals surface area (Å²) in [5.41, 5.74) is 1.91. The molecular formula is C13H16N2O2. The zero-order valence-electron chi connectivity index (χ0n) is 10.1. The second-order valence-electron chi connectivity index (χ2n) is 4.13. The topological polar surface area (TPSA) is 49.4 Å². The van der Waals surface area contributed by atoms with E-state index >= 15 is 0 Å². The highest BCUT2D eigenvalue weighted by Crippen LogP contribution is 2.31. The van der Waals surface area contributed by atoms with Gasteiger partial charge in [0.25, 0.3) is 0 Å². The molecule has 0 bridgehead atoms. The van der Waals surface area contributed by atoms with Crippen molar-refractivity contribution >= 4 is 17.5 Å². The van der Waals surface area contributed by atoms with Gasteiger partial charge in [0, 0.05) is 25.6 Å². The molecule has 0 spiro atoms. The fourth-order valence-electron chi connectivity index (χ4n) is 2.28. The smallest absolute Gasteiger partial charge is 0.243 e. The van der Waals surface area contributed by atoms with Crippen molar-refractivity contribution in [2.24, 2.45) is 0 Å². The molecule has 1 aromatic rings. The second-order valence-corrected chi connectivity index (χ2v) is 4.13. The van der Waals surface area contributed by atoms with Crippen molar-refractivity contribution in [3.8, 4) is 0 Å². The summed E-state index contributed by atoms with van der Waals surface area (Å²) in [6.45, 7) is 3.95. The van der Waals surface area contributed by atoms with Gasteiger partial charge in [-0.3, -0.25) is 14.5 Å². The van der Waals surface area contributed by atoms with Crippen molar-refractivity contribution in [3.05, 3.63) is 29.8 Å². The molecule has 0 fully saturated rings. The summed E-state index contributed by atoms with van der Waals surface area (Å²) in [5, 5.41) is 2.77. The standard InChI is InChI=1S/C13H16N2O2/c1-3-14-13(17)12-8-10-6-4-5-7-11(10)15(12)9(2)16/h4-7,12H,3,8H2,1-2H3,(H,14,17)/t12-/m0/s1. The SMILES string of the molecule is CCNC(=O)[C@@H]1Cc2ccccc2N1C(C)=O. The van der Waals surface area contributed by atoms with Gasteiger partial charge >= 0.3 is 0 Å². The molecule has 0 unspecified atom stereocenters. The molecule has 1 aromatic carbocycles. The summed E-state index contributed by atoms with van der Waals surface area (Å²) in [6, 6.07) is 7.26. The van der Waals surface area contributed by atoms with E-state index in [2.05, 4.69) is 5.32 Å². The molecule has 17 heavy (non-hydrogen) atoms. The monoisotopic (exact) mass is 232 g/mol. The number of likely N-dealkylation sites (N-methyl/N-ethyl adjacent to an activating group) is 1. The van der Waals surface area contributed by atoms with Gasteiger partial charge in [-0.1, -0.05) is 18.2 Å². The summed E-state index contributed by atoms with van der Waals surface area (Å²) in [7, 11) is 0. The Morgan fingerprint density at radius 1 is 1.41 bits per heavy atom. The molecule has 0 saturated carbocycles. The van der Waals surface area contributed by atoms with Gasteiger partial charge in [-0.15, -0.1) is 0 Å². The lowest BCUT2D eigenvalue weighted by Gasteiger charge is -2.23. The molecule has 2 amide bonds. The minimum absolute atomic E-state index is 0.0844. The van der Waals surface area contributed by atoms with Crippen LogP contribution in [0, 0.1) is 0 Å². The van der Waals surface area contributed by atoms with E-state index in [1.54, 1.807) is 4.90 Å². The molecule has 0 aromatic heterocycles. The number of hydrogen-bond donors (Lipinski definition) is 1. The largest absolute Gasteiger partial charge is 0.355 e. The summed E-state index contributed by atoms with van der Waals surface area (Å²) >= 11 is 0. The summed E-state index contributed by atoms with van der Waals surface area (Å²) < 4.78 is 0. The van der Waals surface area contributed by atoms with Crippen molar-refractivity contribution in [2.75, 3.05) is 11.4 Å². The quantitative estimate of drug-likeness (QED) is 0.830. The maximum atomic E-state index is 11.9. The van der Waals surface area contributed by atoms with E-state index in [4.69, 9.17) is 0 Å². The number of nitrogens with zero attached hydrogens (tertiary/aromatic N) is 1. The number of carbonyl (C=O) groups excluding carboxylic acids is 2. The van der Waals surface area contributed by atoms with Crippen molar-refractivity contribution < 1.29 is 9.59 Å². The predicted molar refractivity (Wildman–Crippen MR) is 65.8 cm³/mol. The zero-order chi connectivity index (χ0) is 12.4.